The molecular weight excluding hydrogens is 300 g/mol. The van der Waals surface area contributed by atoms with Crippen LogP contribution < -0.4 is 10.6 Å². The molecule has 24 heavy (non-hydrogen) atoms. The summed E-state index contributed by atoms with van der Waals surface area (Å²) in [5.74, 6) is 1.39. The summed E-state index contributed by atoms with van der Waals surface area (Å²) in [4.78, 5) is 6.69. The largest absolute Gasteiger partial charge is 0.382 e. The molecule has 0 aromatic carbocycles. The van der Waals surface area contributed by atoms with E-state index in [1.807, 2.05) is 26.1 Å². The van der Waals surface area contributed by atoms with Crippen molar-refractivity contribution in [2.24, 2.45) is 10.9 Å². The maximum Gasteiger partial charge on any atom is 0.191 e. The number of hydrogen-bond acceptors (Lipinski definition) is 3. The Morgan fingerprint density at radius 2 is 1.83 bits per heavy atom. The number of ether oxygens (including phenoxy) is 1. The standard InChI is InChI=1S/C19H38N4O/c1-7-13-23(14-8-2)18(17(4)5)16-22-19(20-6)21-12-10-11-15-24-9-3/h7-8,17-18H,1-2,9-16H2,3-6H3,(H2,20,21,22). The van der Waals surface area contributed by atoms with Gasteiger partial charge in [-0.1, -0.05) is 26.0 Å². The molecule has 0 saturated heterocycles. The number of aliphatic imine (C=N–C) groups is 1. The van der Waals surface area contributed by atoms with Gasteiger partial charge in [0.2, 0.25) is 0 Å². The van der Waals surface area contributed by atoms with E-state index in [9.17, 15) is 0 Å². The van der Waals surface area contributed by atoms with Crippen molar-refractivity contribution in [2.45, 2.75) is 39.7 Å². The Morgan fingerprint density at radius 1 is 1.17 bits per heavy atom. The summed E-state index contributed by atoms with van der Waals surface area (Å²) in [6, 6.07) is 0.400. The van der Waals surface area contributed by atoms with E-state index in [4.69, 9.17) is 4.74 Å². The summed E-state index contributed by atoms with van der Waals surface area (Å²) in [6.07, 6.45) is 6.04. The first-order valence-electron chi connectivity index (χ1n) is 9.08. The van der Waals surface area contributed by atoms with Crippen LogP contribution in [0.2, 0.25) is 0 Å². The zero-order valence-electron chi connectivity index (χ0n) is 16.2. The lowest BCUT2D eigenvalue weighted by molar-refractivity contribution is 0.143. The van der Waals surface area contributed by atoms with Crippen molar-refractivity contribution < 1.29 is 4.74 Å². The quantitative estimate of drug-likeness (QED) is 0.221. The molecular formula is C19H38N4O. The molecule has 0 spiro atoms. The maximum atomic E-state index is 5.35. The van der Waals surface area contributed by atoms with Crippen molar-refractivity contribution in [2.75, 3.05) is 46.4 Å². The van der Waals surface area contributed by atoms with Gasteiger partial charge in [-0.25, -0.2) is 0 Å². The minimum Gasteiger partial charge on any atom is -0.382 e. The van der Waals surface area contributed by atoms with Gasteiger partial charge in [0, 0.05) is 52.5 Å². The molecule has 0 rings (SSSR count). The molecule has 0 aromatic heterocycles. The molecule has 0 fully saturated rings. The van der Waals surface area contributed by atoms with E-state index in [0.717, 1.165) is 58.2 Å². The van der Waals surface area contributed by atoms with Gasteiger partial charge in [-0.2, -0.15) is 0 Å². The molecule has 1 unspecified atom stereocenters. The van der Waals surface area contributed by atoms with Crippen molar-refractivity contribution in [3.8, 4) is 0 Å². The van der Waals surface area contributed by atoms with Crippen LogP contribution in [0.1, 0.15) is 33.6 Å². The smallest absolute Gasteiger partial charge is 0.191 e. The highest BCUT2D eigenvalue weighted by molar-refractivity contribution is 5.79. The second-order valence-corrected chi connectivity index (χ2v) is 6.13. The van der Waals surface area contributed by atoms with Crippen LogP contribution in [-0.2, 0) is 4.74 Å². The topological polar surface area (TPSA) is 48.9 Å². The Kier molecular flexibility index (Phi) is 14.4. The number of unbranched alkanes of at least 4 members (excludes halogenated alkanes) is 1. The Morgan fingerprint density at radius 3 is 2.33 bits per heavy atom. The number of hydrogen-bond donors (Lipinski definition) is 2. The predicted octanol–water partition coefficient (Wildman–Crippen LogP) is 2.67. The third kappa shape index (κ3) is 10.4. The fraction of sp³-hybridized carbons (Fsp3) is 0.737. The molecule has 0 heterocycles. The number of nitrogens with zero attached hydrogens (tertiary/aromatic N) is 2. The highest BCUT2D eigenvalue weighted by Gasteiger charge is 2.20. The summed E-state index contributed by atoms with van der Waals surface area (Å²) in [5, 5.41) is 6.82. The van der Waals surface area contributed by atoms with Crippen molar-refractivity contribution in [1.29, 1.82) is 0 Å². The van der Waals surface area contributed by atoms with Gasteiger partial charge < -0.3 is 15.4 Å². The molecule has 0 radical (unpaired) electrons. The Bertz CT molecular complexity index is 345. The molecule has 0 bridgehead atoms. The van der Waals surface area contributed by atoms with Crippen LogP contribution in [0.5, 0.6) is 0 Å². The maximum absolute atomic E-state index is 5.35. The monoisotopic (exact) mass is 338 g/mol. The summed E-state index contributed by atoms with van der Waals surface area (Å²) in [7, 11) is 1.81. The van der Waals surface area contributed by atoms with Gasteiger partial charge in [0.1, 0.15) is 0 Å². The minimum absolute atomic E-state index is 0.400. The third-order valence-electron chi connectivity index (χ3n) is 3.88. The normalized spacial score (nSPS) is 13.2. The summed E-state index contributed by atoms with van der Waals surface area (Å²) < 4.78 is 5.35. The zero-order valence-corrected chi connectivity index (χ0v) is 16.2. The lowest BCUT2D eigenvalue weighted by atomic mass is 10.0. The first-order valence-corrected chi connectivity index (χ1v) is 9.08. The second kappa shape index (κ2) is 15.2. The van der Waals surface area contributed by atoms with E-state index in [2.05, 4.69) is 47.5 Å². The number of rotatable bonds is 14. The van der Waals surface area contributed by atoms with Crippen molar-refractivity contribution >= 4 is 5.96 Å². The van der Waals surface area contributed by atoms with Gasteiger partial charge in [-0.3, -0.25) is 9.89 Å². The number of guanidine groups is 1. The lowest BCUT2D eigenvalue weighted by Gasteiger charge is -2.33. The van der Waals surface area contributed by atoms with E-state index in [1.165, 1.54) is 0 Å². The van der Waals surface area contributed by atoms with Gasteiger partial charge in [0.05, 0.1) is 0 Å². The SMILES string of the molecule is C=CCN(CC=C)C(CNC(=NC)NCCCCOCC)C(C)C. The average molecular weight is 339 g/mol. The van der Waals surface area contributed by atoms with Crippen LogP contribution in [-0.4, -0.2) is 63.3 Å². The lowest BCUT2D eigenvalue weighted by Crippen LogP contribution is -2.49. The van der Waals surface area contributed by atoms with Crippen LogP contribution in [0.25, 0.3) is 0 Å². The van der Waals surface area contributed by atoms with Gasteiger partial charge >= 0.3 is 0 Å². The highest BCUT2D eigenvalue weighted by Crippen LogP contribution is 2.10. The molecule has 0 aromatic rings. The average Bonchev–Trinajstić information content (AvgIpc) is 2.56. The third-order valence-corrected chi connectivity index (χ3v) is 3.88. The highest BCUT2D eigenvalue weighted by atomic mass is 16.5. The van der Waals surface area contributed by atoms with Gasteiger partial charge in [0.15, 0.2) is 5.96 Å². The molecule has 1 atom stereocenters. The van der Waals surface area contributed by atoms with Gasteiger partial charge in [0.25, 0.3) is 0 Å². The Labute approximate surface area is 149 Å². The molecule has 5 heteroatoms. The van der Waals surface area contributed by atoms with Crippen LogP contribution in [0, 0.1) is 5.92 Å². The van der Waals surface area contributed by atoms with Gasteiger partial charge in [-0.15, -0.1) is 13.2 Å². The first-order chi connectivity index (χ1) is 11.6. The van der Waals surface area contributed by atoms with Crippen LogP contribution in [0.15, 0.2) is 30.3 Å². The van der Waals surface area contributed by atoms with E-state index in [1.54, 1.807) is 0 Å². The Hall–Kier alpha value is -1.33. The molecule has 2 N–H and O–H groups in total. The molecule has 0 saturated carbocycles. The summed E-state index contributed by atoms with van der Waals surface area (Å²) >= 11 is 0. The van der Waals surface area contributed by atoms with Crippen LogP contribution in [0.3, 0.4) is 0 Å². The fourth-order valence-electron chi connectivity index (χ4n) is 2.57. The Balaban J connectivity index is 4.33. The molecule has 0 aliphatic heterocycles. The minimum atomic E-state index is 0.400. The van der Waals surface area contributed by atoms with E-state index in [0.29, 0.717) is 12.0 Å². The zero-order chi connectivity index (χ0) is 18.2. The van der Waals surface area contributed by atoms with Crippen LogP contribution in [0.4, 0.5) is 0 Å². The van der Waals surface area contributed by atoms with Gasteiger partial charge in [-0.05, 0) is 25.7 Å². The first kappa shape index (κ1) is 22.7. The molecule has 0 aliphatic carbocycles. The molecule has 0 amide bonds. The predicted molar refractivity (Wildman–Crippen MR) is 106 cm³/mol. The van der Waals surface area contributed by atoms with E-state index in [-0.39, 0.29) is 0 Å². The van der Waals surface area contributed by atoms with E-state index < -0.39 is 0 Å². The molecule has 0 aliphatic rings. The van der Waals surface area contributed by atoms with E-state index >= 15 is 0 Å². The number of nitrogens with one attached hydrogen (secondary N) is 2. The second-order valence-electron chi connectivity index (χ2n) is 6.13. The molecule has 140 valence electrons. The van der Waals surface area contributed by atoms with Crippen molar-refractivity contribution in [1.82, 2.24) is 15.5 Å². The molecule has 5 nitrogen and oxygen atoms in total. The van der Waals surface area contributed by atoms with Crippen molar-refractivity contribution in [3.63, 3.8) is 0 Å². The fourth-order valence-corrected chi connectivity index (χ4v) is 2.57. The van der Waals surface area contributed by atoms with Crippen molar-refractivity contribution in [3.05, 3.63) is 25.3 Å². The summed E-state index contributed by atoms with van der Waals surface area (Å²) in [6.45, 7) is 19.3. The van der Waals surface area contributed by atoms with Crippen LogP contribution >= 0.6 is 0 Å². The summed E-state index contributed by atoms with van der Waals surface area (Å²) in [5.41, 5.74) is 0.